The van der Waals surface area contributed by atoms with Crippen molar-refractivity contribution in [1.82, 2.24) is 0 Å². The van der Waals surface area contributed by atoms with E-state index in [0.29, 0.717) is 5.69 Å². The molecular weight excluding hydrogens is 225 g/mol. The number of methoxy groups -OCH3 is 1. The molecule has 1 atom stereocenters. The van der Waals surface area contributed by atoms with Crippen LogP contribution in [0.1, 0.15) is 6.92 Å². The minimum atomic E-state index is -0.505. The van der Waals surface area contributed by atoms with Gasteiger partial charge in [-0.3, -0.25) is 0 Å². The first-order valence-corrected chi connectivity index (χ1v) is 5.38. The molecule has 1 unspecified atom stereocenters. The fraction of sp³-hybridized carbons (Fsp3) is 0.333. The summed E-state index contributed by atoms with van der Waals surface area (Å²) in [7, 11) is 1.43. The number of hydrogen-bond acceptors (Lipinski definition) is 3. The summed E-state index contributed by atoms with van der Waals surface area (Å²) in [5.41, 5.74) is 0.669. The SMILES string of the molecule is COc1cc2c(c(Cl)c1F)NC(C)S2. The molecule has 0 spiro atoms. The van der Waals surface area contributed by atoms with Crippen molar-refractivity contribution < 1.29 is 9.13 Å². The predicted octanol–water partition coefficient (Wildman–Crippen LogP) is 3.35. The average molecular weight is 234 g/mol. The summed E-state index contributed by atoms with van der Waals surface area (Å²) in [5.74, 6) is -0.313. The lowest BCUT2D eigenvalue weighted by molar-refractivity contribution is 0.385. The third-order valence-corrected chi connectivity index (χ3v) is 3.41. The number of hydrogen-bond donors (Lipinski definition) is 1. The molecule has 0 radical (unpaired) electrons. The molecule has 1 aromatic rings. The van der Waals surface area contributed by atoms with Crippen molar-refractivity contribution in [1.29, 1.82) is 0 Å². The lowest BCUT2D eigenvalue weighted by Gasteiger charge is -2.07. The Kier molecular flexibility index (Phi) is 2.49. The molecule has 0 amide bonds. The van der Waals surface area contributed by atoms with E-state index in [1.807, 2.05) is 6.92 Å². The molecule has 5 heteroatoms. The summed E-state index contributed by atoms with van der Waals surface area (Å²) in [6.45, 7) is 1.99. The highest BCUT2D eigenvalue weighted by molar-refractivity contribution is 8.00. The fourth-order valence-corrected chi connectivity index (χ4v) is 2.70. The lowest BCUT2D eigenvalue weighted by Crippen LogP contribution is -2.03. The molecule has 2 nitrogen and oxygen atoms in total. The van der Waals surface area contributed by atoms with Crippen LogP contribution in [-0.2, 0) is 0 Å². The van der Waals surface area contributed by atoms with Gasteiger partial charge in [-0.05, 0) is 13.0 Å². The Morgan fingerprint density at radius 3 is 3.00 bits per heavy atom. The van der Waals surface area contributed by atoms with E-state index in [1.54, 1.807) is 17.8 Å². The van der Waals surface area contributed by atoms with Crippen LogP contribution in [0.3, 0.4) is 0 Å². The number of anilines is 1. The van der Waals surface area contributed by atoms with Gasteiger partial charge in [-0.25, -0.2) is 4.39 Å². The molecular formula is C9H9ClFNOS. The Morgan fingerprint density at radius 1 is 1.64 bits per heavy atom. The van der Waals surface area contributed by atoms with E-state index >= 15 is 0 Å². The second-order valence-corrected chi connectivity index (χ2v) is 4.74. The first-order valence-electron chi connectivity index (χ1n) is 4.12. The van der Waals surface area contributed by atoms with Crippen LogP contribution in [0, 0.1) is 5.82 Å². The van der Waals surface area contributed by atoms with Crippen LogP contribution < -0.4 is 10.1 Å². The monoisotopic (exact) mass is 233 g/mol. The van der Waals surface area contributed by atoms with Gasteiger partial charge in [0.15, 0.2) is 11.6 Å². The predicted molar refractivity (Wildman–Crippen MR) is 56.9 cm³/mol. The number of ether oxygens (including phenoxy) is 1. The number of thioether (sulfide) groups is 1. The zero-order valence-electron chi connectivity index (χ0n) is 7.73. The summed E-state index contributed by atoms with van der Waals surface area (Å²) < 4.78 is 18.4. The van der Waals surface area contributed by atoms with E-state index in [1.165, 1.54) is 7.11 Å². The van der Waals surface area contributed by atoms with Crippen LogP contribution in [-0.4, -0.2) is 12.5 Å². The maximum Gasteiger partial charge on any atom is 0.185 e. The maximum atomic E-state index is 13.5. The van der Waals surface area contributed by atoms with E-state index < -0.39 is 5.82 Å². The molecule has 76 valence electrons. The number of benzene rings is 1. The Hall–Kier alpha value is -0.610. The van der Waals surface area contributed by atoms with Crippen LogP contribution >= 0.6 is 23.4 Å². The van der Waals surface area contributed by atoms with Crippen LogP contribution in [0.5, 0.6) is 5.75 Å². The van der Waals surface area contributed by atoms with E-state index in [9.17, 15) is 4.39 Å². The highest BCUT2D eigenvalue weighted by Crippen LogP contribution is 2.46. The van der Waals surface area contributed by atoms with Gasteiger partial charge in [0.05, 0.1) is 18.2 Å². The molecule has 0 saturated heterocycles. The molecule has 1 aromatic carbocycles. The minimum absolute atomic E-state index is 0.108. The van der Waals surface area contributed by atoms with Crippen molar-refractivity contribution in [2.45, 2.75) is 17.2 Å². The molecule has 0 aliphatic carbocycles. The molecule has 2 rings (SSSR count). The standard InChI is InChI=1S/C9H9ClFNOS/c1-4-12-9-6(14-4)3-5(13-2)8(11)7(9)10/h3-4,12H,1-2H3. The summed E-state index contributed by atoms with van der Waals surface area (Å²) in [6, 6.07) is 1.66. The Morgan fingerprint density at radius 2 is 2.36 bits per heavy atom. The quantitative estimate of drug-likeness (QED) is 0.804. The highest BCUT2D eigenvalue weighted by atomic mass is 35.5. The first kappa shape index (κ1) is 9.93. The van der Waals surface area contributed by atoms with Crippen LogP contribution in [0.2, 0.25) is 5.02 Å². The molecule has 1 aliphatic heterocycles. The summed E-state index contributed by atoms with van der Waals surface area (Å²) in [6.07, 6.45) is 0. The fourth-order valence-electron chi connectivity index (χ4n) is 1.38. The Labute approximate surface area is 90.8 Å². The number of halogens is 2. The molecule has 0 fully saturated rings. The first-order chi connectivity index (χ1) is 6.63. The zero-order valence-corrected chi connectivity index (χ0v) is 9.30. The van der Waals surface area contributed by atoms with E-state index in [0.717, 1.165) is 4.90 Å². The lowest BCUT2D eigenvalue weighted by atomic mass is 10.3. The Balaban J connectivity index is 2.56. The Bertz CT molecular complexity index is 386. The smallest absolute Gasteiger partial charge is 0.185 e. The van der Waals surface area contributed by atoms with Crippen LogP contribution in [0.15, 0.2) is 11.0 Å². The van der Waals surface area contributed by atoms with E-state index in [-0.39, 0.29) is 16.1 Å². The number of rotatable bonds is 1. The van der Waals surface area contributed by atoms with E-state index in [2.05, 4.69) is 5.32 Å². The van der Waals surface area contributed by atoms with Gasteiger partial charge in [0.25, 0.3) is 0 Å². The molecule has 14 heavy (non-hydrogen) atoms. The second kappa shape index (κ2) is 3.51. The summed E-state index contributed by atoms with van der Waals surface area (Å²) >= 11 is 7.46. The van der Waals surface area contributed by atoms with Gasteiger partial charge in [-0.2, -0.15) is 0 Å². The van der Waals surface area contributed by atoms with Crippen molar-refractivity contribution >= 4 is 29.1 Å². The molecule has 0 aromatic heterocycles. The van der Waals surface area contributed by atoms with Gasteiger partial charge in [0, 0.05) is 4.90 Å². The van der Waals surface area contributed by atoms with Crippen molar-refractivity contribution in [2.75, 3.05) is 12.4 Å². The zero-order chi connectivity index (χ0) is 10.3. The van der Waals surface area contributed by atoms with Crippen molar-refractivity contribution in [3.05, 3.63) is 16.9 Å². The number of fused-ring (bicyclic) bond motifs is 1. The summed E-state index contributed by atoms with van der Waals surface area (Å²) in [5, 5.41) is 3.42. The third kappa shape index (κ3) is 1.42. The third-order valence-electron chi connectivity index (χ3n) is 2.01. The second-order valence-electron chi connectivity index (χ2n) is 2.98. The highest BCUT2D eigenvalue weighted by Gasteiger charge is 2.25. The van der Waals surface area contributed by atoms with Crippen molar-refractivity contribution in [3.8, 4) is 5.75 Å². The minimum Gasteiger partial charge on any atom is -0.494 e. The average Bonchev–Trinajstić information content (AvgIpc) is 2.52. The van der Waals surface area contributed by atoms with Gasteiger partial charge < -0.3 is 10.1 Å². The molecule has 1 aliphatic rings. The largest absolute Gasteiger partial charge is 0.494 e. The van der Waals surface area contributed by atoms with Gasteiger partial charge in [0.1, 0.15) is 5.02 Å². The molecule has 0 saturated carbocycles. The van der Waals surface area contributed by atoms with Gasteiger partial charge in [-0.15, -0.1) is 0 Å². The van der Waals surface area contributed by atoms with Gasteiger partial charge in [0.2, 0.25) is 0 Å². The van der Waals surface area contributed by atoms with Gasteiger partial charge in [-0.1, -0.05) is 23.4 Å². The summed E-state index contributed by atoms with van der Waals surface area (Å²) in [4.78, 5) is 0.931. The van der Waals surface area contributed by atoms with Gasteiger partial charge >= 0.3 is 0 Å². The van der Waals surface area contributed by atoms with Crippen LogP contribution in [0.25, 0.3) is 0 Å². The van der Waals surface area contributed by atoms with Crippen molar-refractivity contribution in [3.63, 3.8) is 0 Å². The van der Waals surface area contributed by atoms with Crippen LogP contribution in [0.4, 0.5) is 10.1 Å². The molecule has 1 heterocycles. The molecule has 1 N–H and O–H groups in total. The topological polar surface area (TPSA) is 21.3 Å². The van der Waals surface area contributed by atoms with Crippen molar-refractivity contribution in [2.24, 2.45) is 0 Å². The molecule has 0 bridgehead atoms. The normalized spacial score (nSPS) is 19.0. The number of nitrogens with one attached hydrogen (secondary N) is 1. The maximum absolute atomic E-state index is 13.5. The van der Waals surface area contributed by atoms with E-state index in [4.69, 9.17) is 16.3 Å².